The molecule has 2 atom stereocenters. The number of rotatable bonds is 1. The van der Waals surface area contributed by atoms with Crippen LogP contribution in [0.5, 0.6) is 0 Å². The lowest BCUT2D eigenvalue weighted by atomic mass is 9.92. The largest absolute Gasteiger partial charge is 0.337 e. The van der Waals surface area contributed by atoms with E-state index in [2.05, 4.69) is 23.8 Å². The van der Waals surface area contributed by atoms with Gasteiger partial charge in [-0.05, 0) is 25.2 Å². The molecule has 0 radical (unpaired) electrons. The number of nitrogens with zero attached hydrogens (tertiary/aromatic N) is 3. The summed E-state index contributed by atoms with van der Waals surface area (Å²) in [6.07, 6.45) is 1.17. The summed E-state index contributed by atoms with van der Waals surface area (Å²) in [6, 6.07) is 1.54. The van der Waals surface area contributed by atoms with Gasteiger partial charge >= 0.3 is 0 Å². The Hall–Kier alpha value is -1.16. The minimum atomic E-state index is -0.0409. The van der Waals surface area contributed by atoms with Crippen molar-refractivity contribution in [2.24, 2.45) is 11.8 Å². The fraction of sp³-hybridized carbons (Fsp3) is 0.615. The Labute approximate surface area is 112 Å². The fourth-order valence-corrected chi connectivity index (χ4v) is 2.86. The van der Waals surface area contributed by atoms with Gasteiger partial charge in [-0.1, -0.05) is 25.4 Å². The first-order valence-electron chi connectivity index (χ1n) is 6.26. The number of halogens is 1. The molecule has 5 heteroatoms. The highest BCUT2D eigenvalue weighted by atomic mass is 35.5. The van der Waals surface area contributed by atoms with Crippen LogP contribution in [-0.2, 0) is 0 Å². The summed E-state index contributed by atoms with van der Waals surface area (Å²) in [7, 11) is 0. The molecular formula is C13H18ClN3O. The summed E-state index contributed by atoms with van der Waals surface area (Å²) < 4.78 is 0. The van der Waals surface area contributed by atoms with Crippen LogP contribution in [0.3, 0.4) is 0 Å². The number of carbonyl (C=O) groups excluding carboxylic acids is 1. The molecule has 1 aliphatic heterocycles. The van der Waals surface area contributed by atoms with Gasteiger partial charge < -0.3 is 4.90 Å². The lowest BCUT2D eigenvalue weighted by Gasteiger charge is -2.34. The Morgan fingerprint density at radius 1 is 1.33 bits per heavy atom. The zero-order chi connectivity index (χ0) is 13.3. The average Bonchev–Trinajstić information content (AvgIpc) is 2.25. The molecule has 1 aromatic heterocycles. The lowest BCUT2D eigenvalue weighted by molar-refractivity contribution is 0.0616. The first-order valence-corrected chi connectivity index (χ1v) is 6.64. The number of amides is 1. The average molecular weight is 268 g/mol. The maximum absolute atomic E-state index is 12.4. The second-order valence-corrected chi connectivity index (χ2v) is 5.67. The molecule has 0 spiro atoms. The van der Waals surface area contributed by atoms with Crippen molar-refractivity contribution in [1.29, 1.82) is 0 Å². The summed E-state index contributed by atoms with van der Waals surface area (Å²) in [5, 5.41) is 0.323. The third kappa shape index (κ3) is 2.99. The van der Waals surface area contributed by atoms with Gasteiger partial charge in [-0.2, -0.15) is 0 Å². The molecule has 98 valence electrons. The fourth-order valence-electron chi connectivity index (χ4n) is 2.63. The highest BCUT2D eigenvalue weighted by molar-refractivity contribution is 6.29. The number of aryl methyl sites for hydroxylation is 1. The van der Waals surface area contributed by atoms with Crippen LogP contribution in [0.25, 0.3) is 0 Å². The van der Waals surface area contributed by atoms with Crippen molar-refractivity contribution in [2.75, 3.05) is 13.1 Å². The predicted molar refractivity (Wildman–Crippen MR) is 70.6 cm³/mol. The third-order valence-electron chi connectivity index (χ3n) is 3.18. The molecule has 0 aliphatic carbocycles. The van der Waals surface area contributed by atoms with Gasteiger partial charge in [-0.15, -0.1) is 0 Å². The van der Waals surface area contributed by atoms with Crippen LogP contribution in [0.1, 0.15) is 36.6 Å². The Morgan fingerprint density at radius 3 is 2.50 bits per heavy atom. The summed E-state index contributed by atoms with van der Waals surface area (Å²) in [5.41, 5.74) is 0.397. The molecule has 2 rings (SSSR count). The lowest BCUT2D eigenvalue weighted by Crippen LogP contribution is -2.42. The SMILES string of the molecule is Cc1nc(Cl)cc(C(=O)N2C[C@H](C)C[C@@H](C)C2)n1. The molecule has 1 saturated heterocycles. The van der Waals surface area contributed by atoms with Gasteiger partial charge in [0.25, 0.3) is 5.91 Å². The van der Waals surface area contributed by atoms with Crippen molar-refractivity contribution >= 4 is 17.5 Å². The molecule has 0 bridgehead atoms. The number of likely N-dealkylation sites (tertiary alicyclic amines) is 1. The predicted octanol–water partition coefficient (Wildman–Crippen LogP) is 2.56. The van der Waals surface area contributed by atoms with E-state index in [4.69, 9.17) is 11.6 Å². The molecule has 0 N–H and O–H groups in total. The summed E-state index contributed by atoms with van der Waals surface area (Å²) in [6.45, 7) is 7.68. The number of hydrogen-bond donors (Lipinski definition) is 0. The van der Waals surface area contributed by atoms with Crippen LogP contribution in [0.15, 0.2) is 6.07 Å². The number of aromatic nitrogens is 2. The van der Waals surface area contributed by atoms with Crippen molar-refractivity contribution in [1.82, 2.24) is 14.9 Å². The van der Waals surface area contributed by atoms with E-state index >= 15 is 0 Å². The second-order valence-electron chi connectivity index (χ2n) is 5.28. The van der Waals surface area contributed by atoms with E-state index in [0.29, 0.717) is 28.5 Å². The van der Waals surface area contributed by atoms with Gasteiger partial charge in [-0.3, -0.25) is 4.79 Å². The third-order valence-corrected chi connectivity index (χ3v) is 3.38. The maximum Gasteiger partial charge on any atom is 0.272 e. The van der Waals surface area contributed by atoms with E-state index in [9.17, 15) is 4.79 Å². The summed E-state index contributed by atoms with van der Waals surface area (Å²) in [5.74, 6) is 1.57. The van der Waals surface area contributed by atoms with Crippen LogP contribution in [0.4, 0.5) is 0 Å². The number of carbonyl (C=O) groups is 1. The molecular weight excluding hydrogens is 250 g/mol. The Balaban J connectivity index is 2.20. The molecule has 1 aliphatic rings. The molecule has 1 aromatic rings. The summed E-state index contributed by atoms with van der Waals surface area (Å²) in [4.78, 5) is 22.4. The minimum Gasteiger partial charge on any atom is -0.337 e. The monoisotopic (exact) mass is 267 g/mol. The van der Waals surface area contributed by atoms with E-state index in [1.54, 1.807) is 13.0 Å². The van der Waals surface area contributed by atoms with E-state index < -0.39 is 0 Å². The van der Waals surface area contributed by atoms with Crippen molar-refractivity contribution in [3.63, 3.8) is 0 Å². The second kappa shape index (κ2) is 5.22. The Morgan fingerprint density at radius 2 is 1.94 bits per heavy atom. The maximum atomic E-state index is 12.4. The van der Waals surface area contributed by atoms with E-state index in [0.717, 1.165) is 13.1 Å². The van der Waals surface area contributed by atoms with Crippen molar-refractivity contribution in [2.45, 2.75) is 27.2 Å². The first-order chi connectivity index (χ1) is 8.45. The van der Waals surface area contributed by atoms with Crippen molar-refractivity contribution in [3.8, 4) is 0 Å². The van der Waals surface area contributed by atoms with Gasteiger partial charge in [0.05, 0.1) is 0 Å². The molecule has 2 heterocycles. The molecule has 1 amide bonds. The molecule has 0 saturated carbocycles. The van der Waals surface area contributed by atoms with Crippen LogP contribution < -0.4 is 0 Å². The van der Waals surface area contributed by atoms with E-state index in [1.807, 2.05) is 4.90 Å². The minimum absolute atomic E-state index is 0.0409. The van der Waals surface area contributed by atoms with Gasteiger partial charge in [0.15, 0.2) is 0 Å². The van der Waals surface area contributed by atoms with Gasteiger partial charge in [0.1, 0.15) is 16.7 Å². The standard InChI is InChI=1S/C13H18ClN3O/c1-8-4-9(2)7-17(6-8)13(18)11-5-12(14)16-10(3)15-11/h5,8-9H,4,6-7H2,1-3H3/t8-,9-/m1/s1. The smallest absolute Gasteiger partial charge is 0.272 e. The Bertz CT molecular complexity index is 433. The normalized spacial score (nSPS) is 24.1. The van der Waals surface area contributed by atoms with Crippen LogP contribution in [-0.4, -0.2) is 33.9 Å². The quantitative estimate of drug-likeness (QED) is 0.735. The van der Waals surface area contributed by atoms with E-state index in [1.165, 1.54) is 6.42 Å². The summed E-state index contributed by atoms with van der Waals surface area (Å²) >= 11 is 5.87. The van der Waals surface area contributed by atoms with Gasteiger partial charge in [-0.25, -0.2) is 9.97 Å². The first kappa shape index (κ1) is 13.3. The van der Waals surface area contributed by atoms with Gasteiger partial charge in [0, 0.05) is 19.2 Å². The van der Waals surface area contributed by atoms with Crippen molar-refractivity contribution < 1.29 is 4.79 Å². The van der Waals surface area contributed by atoms with Crippen molar-refractivity contribution in [3.05, 3.63) is 22.7 Å². The topological polar surface area (TPSA) is 46.1 Å². The molecule has 1 fully saturated rings. The zero-order valence-corrected chi connectivity index (χ0v) is 11.7. The van der Waals surface area contributed by atoms with Crippen LogP contribution in [0.2, 0.25) is 5.15 Å². The molecule has 0 unspecified atom stereocenters. The molecule has 18 heavy (non-hydrogen) atoms. The number of piperidine rings is 1. The van der Waals surface area contributed by atoms with Crippen LogP contribution >= 0.6 is 11.6 Å². The highest BCUT2D eigenvalue weighted by Gasteiger charge is 2.27. The molecule has 0 aromatic carbocycles. The molecule has 4 nitrogen and oxygen atoms in total. The van der Waals surface area contributed by atoms with E-state index in [-0.39, 0.29) is 5.91 Å². The van der Waals surface area contributed by atoms with Gasteiger partial charge in [0.2, 0.25) is 0 Å². The number of hydrogen-bond acceptors (Lipinski definition) is 3. The van der Waals surface area contributed by atoms with Crippen LogP contribution in [0, 0.1) is 18.8 Å². The zero-order valence-electron chi connectivity index (χ0n) is 11.0. The Kier molecular flexibility index (Phi) is 3.85. The highest BCUT2D eigenvalue weighted by Crippen LogP contribution is 2.22.